The molecule has 9 heteroatoms. The standard InChI is InChI=1S/C27H37N5O4/c33-23-9-8-22(25(34)29-23)32-26(35)21-7-4-6-19(24(21)27(32)36)5-2-1-3-14-30-15-17-31(18-16-30)20-10-12-28-13-11-20/h4,6-7,20,22,28H,1-3,5,8-18H2,(H,29,33,34)/p+1. The predicted octanol–water partition coefficient (Wildman–Crippen LogP) is 0.144. The monoisotopic (exact) mass is 496 g/mol. The summed E-state index contributed by atoms with van der Waals surface area (Å²) in [5.41, 5.74) is 1.68. The van der Waals surface area contributed by atoms with Crippen LogP contribution in [0, 0.1) is 0 Å². The smallest absolute Gasteiger partial charge is 0.262 e. The number of carbonyl (C=O) groups is 4. The van der Waals surface area contributed by atoms with Crippen molar-refractivity contribution in [2.24, 2.45) is 0 Å². The number of imide groups is 2. The van der Waals surface area contributed by atoms with Gasteiger partial charge in [-0.2, -0.15) is 0 Å². The lowest BCUT2D eigenvalue weighted by Gasteiger charge is -2.40. The lowest BCUT2D eigenvalue weighted by Crippen LogP contribution is -2.87. The van der Waals surface area contributed by atoms with Gasteiger partial charge in [-0.3, -0.25) is 34.3 Å². The number of nitrogens with zero attached hydrogens (tertiary/aromatic N) is 3. The molecule has 0 radical (unpaired) electrons. The van der Waals surface area contributed by atoms with Crippen molar-refractivity contribution >= 4 is 23.6 Å². The highest BCUT2D eigenvalue weighted by Gasteiger charge is 2.45. The summed E-state index contributed by atoms with van der Waals surface area (Å²) in [4.78, 5) is 56.3. The number of nitrogens with two attached hydrogens (primary N) is 1. The van der Waals surface area contributed by atoms with Crippen molar-refractivity contribution in [1.29, 1.82) is 0 Å². The number of hydrogen-bond donors (Lipinski definition) is 2. The number of fused-ring (bicyclic) bond motifs is 1. The number of quaternary nitrogens is 1. The SMILES string of the molecule is O=C1CCC(N2C(=O)c3cccc(CCCCCN4CCN(C5CC[NH2+]CC5)CC4)c3C2=O)C(=O)N1. The number of aryl methyl sites for hydroxylation is 1. The fourth-order valence-electron chi connectivity index (χ4n) is 6.25. The second kappa shape index (κ2) is 11.2. The maximum Gasteiger partial charge on any atom is 0.262 e. The van der Waals surface area contributed by atoms with Gasteiger partial charge in [0, 0.05) is 51.5 Å². The molecule has 4 aliphatic rings. The highest BCUT2D eigenvalue weighted by Crippen LogP contribution is 2.30. The molecule has 3 N–H and O–H groups in total. The molecule has 0 spiro atoms. The van der Waals surface area contributed by atoms with E-state index in [4.69, 9.17) is 0 Å². The third kappa shape index (κ3) is 5.23. The summed E-state index contributed by atoms with van der Waals surface area (Å²) in [6, 6.07) is 5.26. The van der Waals surface area contributed by atoms with Crippen LogP contribution in [0.2, 0.25) is 0 Å². The van der Waals surface area contributed by atoms with Crippen LogP contribution in [-0.2, 0) is 16.0 Å². The molecule has 9 nitrogen and oxygen atoms in total. The minimum atomic E-state index is -0.917. The molecule has 1 aromatic rings. The van der Waals surface area contributed by atoms with E-state index < -0.39 is 23.8 Å². The second-order valence-corrected chi connectivity index (χ2v) is 10.6. The Hall–Kier alpha value is -2.62. The van der Waals surface area contributed by atoms with Crippen molar-refractivity contribution in [3.8, 4) is 0 Å². The fraction of sp³-hybridized carbons (Fsp3) is 0.630. The minimum absolute atomic E-state index is 0.130. The Morgan fingerprint density at radius 1 is 0.889 bits per heavy atom. The molecule has 5 rings (SSSR count). The molecule has 194 valence electrons. The van der Waals surface area contributed by atoms with Gasteiger partial charge in [-0.05, 0) is 43.9 Å². The number of unbranched alkanes of at least 4 members (excludes halogenated alkanes) is 2. The average Bonchev–Trinajstić information content (AvgIpc) is 3.15. The summed E-state index contributed by atoms with van der Waals surface area (Å²) < 4.78 is 0. The highest BCUT2D eigenvalue weighted by atomic mass is 16.2. The zero-order valence-electron chi connectivity index (χ0n) is 21.0. The molecule has 1 atom stereocenters. The van der Waals surface area contributed by atoms with E-state index >= 15 is 0 Å². The molecule has 0 aromatic heterocycles. The van der Waals surface area contributed by atoms with E-state index in [1.54, 1.807) is 6.07 Å². The number of rotatable bonds is 8. The third-order valence-corrected chi connectivity index (χ3v) is 8.31. The van der Waals surface area contributed by atoms with Crippen LogP contribution in [-0.4, -0.2) is 96.2 Å². The van der Waals surface area contributed by atoms with Crippen molar-refractivity contribution in [2.75, 3.05) is 45.8 Å². The third-order valence-electron chi connectivity index (χ3n) is 8.31. The molecule has 1 unspecified atom stereocenters. The second-order valence-electron chi connectivity index (χ2n) is 10.6. The van der Waals surface area contributed by atoms with Crippen molar-refractivity contribution in [3.05, 3.63) is 34.9 Å². The van der Waals surface area contributed by atoms with Crippen LogP contribution in [0.15, 0.2) is 18.2 Å². The van der Waals surface area contributed by atoms with E-state index in [0.29, 0.717) is 11.1 Å². The summed E-state index contributed by atoms with van der Waals surface area (Å²) in [6.45, 7) is 8.31. The average molecular weight is 497 g/mol. The van der Waals surface area contributed by atoms with Gasteiger partial charge < -0.3 is 10.2 Å². The van der Waals surface area contributed by atoms with Crippen molar-refractivity contribution < 1.29 is 24.5 Å². The number of benzene rings is 1. The molecular formula is C27H38N5O4+. The maximum absolute atomic E-state index is 13.2. The normalized spacial score (nSPS) is 24.3. The molecular weight excluding hydrogens is 458 g/mol. The van der Waals surface area contributed by atoms with Gasteiger partial charge in [-0.15, -0.1) is 0 Å². The Kier molecular flexibility index (Phi) is 7.79. The van der Waals surface area contributed by atoms with Crippen LogP contribution in [0.5, 0.6) is 0 Å². The highest BCUT2D eigenvalue weighted by molar-refractivity contribution is 6.24. The molecule has 4 aliphatic heterocycles. The number of carbonyl (C=O) groups excluding carboxylic acids is 4. The lowest BCUT2D eigenvalue weighted by molar-refractivity contribution is -0.664. The van der Waals surface area contributed by atoms with E-state index in [1.807, 2.05) is 12.1 Å². The van der Waals surface area contributed by atoms with Crippen LogP contribution in [0.3, 0.4) is 0 Å². The molecule has 1 aromatic carbocycles. The van der Waals surface area contributed by atoms with Crippen LogP contribution >= 0.6 is 0 Å². The van der Waals surface area contributed by atoms with E-state index in [-0.39, 0.29) is 18.7 Å². The Bertz CT molecular complexity index is 1010. The number of piperazine rings is 1. The molecule has 0 bridgehead atoms. The number of piperidine rings is 2. The van der Waals surface area contributed by atoms with Gasteiger partial charge in [0.1, 0.15) is 6.04 Å². The Labute approximate surface area is 212 Å². The summed E-state index contributed by atoms with van der Waals surface area (Å²) in [5, 5.41) is 4.68. The van der Waals surface area contributed by atoms with Crippen molar-refractivity contribution in [1.82, 2.24) is 20.0 Å². The van der Waals surface area contributed by atoms with Gasteiger partial charge in [-0.25, -0.2) is 0 Å². The summed E-state index contributed by atoms with van der Waals surface area (Å²) in [6.07, 6.45) is 6.84. The molecule has 3 saturated heterocycles. The summed E-state index contributed by atoms with van der Waals surface area (Å²) >= 11 is 0. The van der Waals surface area contributed by atoms with E-state index in [2.05, 4.69) is 20.4 Å². The van der Waals surface area contributed by atoms with E-state index in [0.717, 1.165) is 61.8 Å². The Morgan fingerprint density at radius 2 is 1.67 bits per heavy atom. The minimum Gasteiger partial charge on any atom is -0.346 e. The molecule has 4 amide bonds. The Balaban J connectivity index is 1.09. The maximum atomic E-state index is 13.2. The van der Waals surface area contributed by atoms with Gasteiger partial charge in [0.25, 0.3) is 11.8 Å². The van der Waals surface area contributed by atoms with Crippen LogP contribution < -0.4 is 10.6 Å². The summed E-state index contributed by atoms with van der Waals surface area (Å²) in [7, 11) is 0. The van der Waals surface area contributed by atoms with Crippen LogP contribution in [0.1, 0.15) is 71.2 Å². The van der Waals surface area contributed by atoms with E-state index in [9.17, 15) is 19.2 Å². The first kappa shape index (κ1) is 25.0. The van der Waals surface area contributed by atoms with E-state index in [1.165, 1.54) is 39.0 Å². The molecule has 0 saturated carbocycles. The van der Waals surface area contributed by atoms with Crippen LogP contribution in [0.4, 0.5) is 0 Å². The predicted molar refractivity (Wildman–Crippen MR) is 133 cm³/mol. The van der Waals surface area contributed by atoms with Crippen LogP contribution in [0.25, 0.3) is 0 Å². The number of nitrogens with one attached hydrogen (secondary N) is 1. The topological polar surface area (TPSA) is 107 Å². The summed E-state index contributed by atoms with van der Waals surface area (Å²) in [5.74, 6) is -1.77. The van der Waals surface area contributed by atoms with Gasteiger partial charge in [0.15, 0.2) is 0 Å². The molecule has 0 aliphatic carbocycles. The van der Waals surface area contributed by atoms with Crippen molar-refractivity contribution in [3.63, 3.8) is 0 Å². The number of amides is 4. The zero-order chi connectivity index (χ0) is 25.1. The molecule has 4 heterocycles. The fourth-order valence-corrected chi connectivity index (χ4v) is 6.25. The number of hydrogen-bond acceptors (Lipinski definition) is 6. The molecule has 3 fully saturated rings. The first-order valence-corrected chi connectivity index (χ1v) is 13.6. The van der Waals surface area contributed by atoms with Gasteiger partial charge in [0.05, 0.1) is 24.2 Å². The first-order valence-electron chi connectivity index (χ1n) is 13.6. The lowest BCUT2D eigenvalue weighted by atomic mass is 9.98. The first-order chi connectivity index (χ1) is 17.5. The van der Waals surface area contributed by atoms with Gasteiger partial charge in [-0.1, -0.05) is 18.6 Å². The Morgan fingerprint density at radius 3 is 2.42 bits per heavy atom. The van der Waals surface area contributed by atoms with Gasteiger partial charge >= 0.3 is 0 Å². The zero-order valence-corrected chi connectivity index (χ0v) is 21.0. The van der Waals surface area contributed by atoms with Gasteiger partial charge in [0.2, 0.25) is 11.8 Å². The largest absolute Gasteiger partial charge is 0.346 e. The quantitative estimate of drug-likeness (QED) is 0.392. The van der Waals surface area contributed by atoms with Crippen molar-refractivity contribution in [2.45, 2.75) is 63.5 Å². The molecule has 36 heavy (non-hydrogen) atoms.